The van der Waals surface area contributed by atoms with Gasteiger partial charge in [-0.2, -0.15) is 11.8 Å². The second-order valence-corrected chi connectivity index (χ2v) is 5.78. The van der Waals surface area contributed by atoms with Crippen LogP contribution in [0.15, 0.2) is 22.7 Å². The summed E-state index contributed by atoms with van der Waals surface area (Å²) in [4.78, 5) is 2.31. The van der Waals surface area contributed by atoms with E-state index in [0.717, 1.165) is 22.1 Å². The molecule has 15 heavy (non-hydrogen) atoms. The normalized spacial score (nSPS) is 10.4. The number of hydrogen-bond donors (Lipinski definition) is 0. The van der Waals surface area contributed by atoms with Crippen LogP contribution in [-0.2, 0) is 5.33 Å². The smallest absolute Gasteiger partial charge is 0.0405 e. The van der Waals surface area contributed by atoms with Crippen LogP contribution in [0.4, 0.5) is 5.69 Å². The van der Waals surface area contributed by atoms with Crippen molar-refractivity contribution in [1.82, 2.24) is 0 Å². The summed E-state index contributed by atoms with van der Waals surface area (Å²) in [6.07, 6.45) is 2.14. The molecule has 1 rings (SSSR count). The predicted octanol–water partition coefficient (Wildman–Crippen LogP) is 4.14. The van der Waals surface area contributed by atoms with E-state index in [1.54, 1.807) is 0 Å². The standard InChI is InChI=1S/C11H15Br2NS/c1-14(5-6-15-2)11-4-3-10(13)7-9(11)8-12/h3-4,7H,5-6,8H2,1-2H3. The first-order chi connectivity index (χ1) is 7.19. The molecule has 0 atom stereocenters. The molecule has 0 aliphatic heterocycles. The highest BCUT2D eigenvalue weighted by molar-refractivity contribution is 9.10. The van der Waals surface area contributed by atoms with Gasteiger partial charge in [0.2, 0.25) is 0 Å². The number of halogens is 2. The number of anilines is 1. The summed E-state index contributed by atoms with van der Waals surface area (Å²) in [6.45, 7) is 1.09. The summed E-state index contributed by atoms with van der Waals surface area (Å²) >= 11 is 8.90. The Morgan fingerprint density at radius 1 is 1.40 bits per heavy atom. The van der Waals surface area contributed by atoms with Gasteiger partial charge in [-0.1, -0.05) is 31.9 Å². The molecule has 1 nitrogen and oxygen atoms in total. The van der Waals surface area contributed by atoms with Crippen molar-refractivity contribution < 1.29 is 0 Å². The molecular formula is C11H15Br2NS. The lowest BCUT2D eigenvalue weighted by Crippen LogP contribution is -2.21. The highest BCUT2D eigenvalue weighted by atomic mass is 79.9. The average Bonchev–Trinajstić information content (AvgIpc) is 2.25. The fourth-order valence-electron chi connectivity index (χ4n) is 1.38. The molecule has 0 aliphatic carbocycles. The lowest BCUT2D eigenvalue weighted by Gasteiger charge is -2.21. The second kappa shape index (κ2) is 6.81. The SMILES string of the molecule is CSCCN(C)c1ccc(Br)cc1CBr. The van der Waals surface area contributed by atoms with Gasteiger partial charge in [0, 0.05) is 34.8 Å². The van der Waals surface area contributed by atoms with Crippen LogP contribution in [0, 0.1) is 0 Å². The Morgan fingerprint density at radius 2 is 2.13 bits per heavy atom. The Bertz CT molecular complexity index is 317. The highest BCUT2D eigenvalue weighted by Crippen LogP contribution is 2.25. The molecular weight excluding hydrogens is 338 g/mol. The maximum absolute atomic E-state index is 3.53. The summed E-state index contributed by atoms with van der Waals surface area (Å²) in [6, 6.07) is 6.43. The van der Waals surface area contributed by atoms with Gasteiger partial charge >= 0.3 is 0 Å². The Kier molecular flexibility index (Phi) is 6.09. The average molecular weight is 353 g/mol. The Morgan fingerprint density at radius 3 is 2.73 bits per heavy atom. The van der Waals surface area contributed by atoms with E-state index in [-0.39, 0.29) is 0 Å². The van der Waals surface area contributed by atoms with Crippen LogP contribution in [0.3, 0.4) is 0 Å². The molecule has 0 fully saturated rings. The van der Waals surface area contributed by atoms with Gasteiger partial charge in [0.05, 0.1) is 0 Å². The minimum absolute atomic E-state index is 0.894. The van der Waals surface area contributed by atoms with E-state index < -0.39 is 0 Å². The van der Waals surface area contributed by atoms with Crippen molar-refractivity contribution >= 4 is 49.3 Å². The van der Waals surface area contributed by atoms with E-state index >= 15 is 0 Å². The Balaban J connectivity index is 2.82. The third-order valence-electron chi connectivity index (χ3n) is 2.23. The van der Waals surface area contributed by atoms with Crippen LogP contribution < -0.4 is 4.90 Å². The minimum Gasteiger partial charge on any atom is -0.374 e. The molecule has 0 saturated heterocycles. The fourth-order valence-corrected chi connectivity index (χ4v) is 2.70. The fraction of sp³-hybridized carbons (Fsp3) is 0.455. The molecule has 0 spiro atoms. The Labute approximate surface area is 113 Å². The van der Waals surface area contributed by atoms with E-state index in [2.05, 4.69) is 68.3 Å². The van der Waals surface area contributed by atoms with Crippen LogP contribution >= 0.6 is 43.6 Å². The van der Waals surface area contributed by atoms with Crippen LogP contribution in [-0.4, -0.2) is 25.6 Å². The number of alkyl halides is 1. The quantitative estimate of drug-likeness (QED) is 0.732. The van der Waals surface area contributed by atoms with Gasteiger partial charge in [-0.3, -0.25) is 0 Å². The molecule has 1 aromatic carbocycles. The van der Waals surface area contributed by atoms with Gasteiger partial charge in [0.25, 0.3) is 0 Å². The van der Waals surface area contributed by atoms with Gasteiger partial charge in [-0.05, 0) is 30.0 Å². The zero-order valence-corrected chi connectivity index (χ0v) is 13.0. The minimum atomic E-state index is 0.894. The monoisotopic (exact) mass is 351 g/mol. The molecule has 0 amide bonds. The molecule has 0 heterocycles. The van der Waals surface area contributed by atoms with E-state index in [9.17, 15) is 0 Å². The first-order valence-corrected chi connectivity index (χ1v) is 8.04. The summed E-state index contributed by atoms with van der Waals surface area (Å²) in [5, 5.41) is 0.894. The van der Waals surface area contributed by atoms with E-state index in [0.29, 0.717) is 0 Å². The van der Waals surface area contributed by atoms with Gasteiger partial charge in [-0.15, -0.1) is 0 Å². The van der Waals surface area contributed by atoms with E-state index in [1.165, 1.54) is 11.3 Å². The first-order valence-electron chi connectivity index (χ1n) is 4.73. The number of rotatable bonds is 5. The number of hydrogen-bond acceptors (Lipinski definition) is 2. The van der Waals surface area contributed by atoms with Crippen molar-refractivity contribution in [2.45, 2.75) is 5.33 Å². The molecule has 0 radical (unpaired) electrons. The zero-order chi connectivity index (χ0) is 11.3. The van der Waals surface area contributed by atoms with Crippen molar-refractivity contribution in [3.05, 3.63) is 28.2 Å². The molecule has 1 aromatic rings. The largest absolute Gasteiger partial charge is 0.374 e. The van der Waals surface area contributed by atoms with Gasteiger partial charge in [0.1, 0.15) is 0 Å². The van der Waals surface area contributed by atoms with Gasteiger partial charge < -0.3 is 4.90 Å². The lowest BCUT2D eigenvalue weighted by molar-refractivity contribution is 0.969. The number of thioether (sulfide) groups is 1. The Hall–Kier alpha value is 0.330. The summed E-state index contributed by atoms with van der Waals surface area (Å²) in [7, 11) is 2.14. The molecule has 0 aliphatic rings. The summed E-state index contributed by atoms with van der Waals surface area (Å²) in [5.41, 5.74) is 2.64. The molecule has 4 heteroatoms. The lowest BCUT2D eigenvalue weighted by atomic mass is 10.2. The number of nitrogens with zero attached hydrogens (tertiary/aromatic N) is 1. The molecule has 84 valence electrons. The van der Waals surface area contributed by atoms with Crippen molar-refractivity contribution in [3.63, 3.8) is 0 Å². The van der Waals surface area contributed by atoms with Crippen molar-refractivity contribution in [3.8, 4) is 0 Å². The second-order valence-electron chi connectivity index (χ2n) is 3.32. The van der Waals surface area contributed by atoms with Crippen molar-refractivity contribution in [2.24, 2.45) is 0 Å². The molecule has 0 unspecified atom stereocenters. The summed E-state index contributed by atoms with van der Waals surface area (Å²) in [5.74, 6) is 1.16. The predicted molar refractivity (Wildman–Crippen MR) is 78.4 cm³/mol. The van der Waals surface area contributed by atoms with Crippen LogP contribution in [0.25, 0.3) is 0 Å². The third-order valence-corrected chi connectivity index (χ3v) is 3.92. The van der Waals surface area contributed by atoms with Gasteiger partial charge in [-0.25, -0.2) is 0 Å². The zero-order valence-electron chi connectivity index (χ0n) is 8.96. The maximum Gasteiger partial charge on any atom is 0.0405 e. The van der Waals surface area contributed by atoms with E-state index in [1.807, 2.05) is 11.8 Å². The molecule has 0 saturated carbocycles. The molecule has 0 bridgehead atoms. The maximum atomic E-state index is 3.53. The van der Waals surface area contributed by atoms with E-state index in [4.69, 9.17) is 0 Å². The van der Waals surface area contributed by atoms with Crippen LogP contribution in [0.1, 0.15) is 5.56 Å². The molecule has 0 N–H and O–H groups in total. The van der Waals surface area contributed by atoms with Crippen molar-refractivity contribution in [2.75, 3.05) is 30.5 Å². The third kappa shape index (κ3) is 4.00. The van der Waals surface area contributed by atoms with Crippen molar-refractivity contribution in [1.29, 1.82) is 0 Å². The van der Waals surface area contributed by atoms with Crippen LogP contribution in [0.2, 0.25) is 0 Å². The first kappa shape index (κ1) is 13.4. The number of benzene rings is 1. The van der Waals surface area contributed by atoms with Crippen LogP contribution in [0.5, 0.6) is 0 Å². The summed E-state index contributed by atoms with van der Waals surface area (Å²) < 4.78 is 1.14. The van der Waals surface area contributed by atoms with Gasteiger partial charge in [0.15, 0.2) is 0 Å². The molecule has 0 aromatic heterocycles. The highest BCUT2D eigenvalue weighted by Gasteiger charge is 2.06. The topological polar surface area (TPSA) is 3.24 Å².